The van der Waals surface area contributed by atoms with Crippen molar-refractivity contribution in [3.05, 3.63) is 28.2 Å². The highest BCUT2D eigenvalue weighted by Gasteiger charge is 2.35. The van der Waals surface area contributed by atoms with Crippen LogP contribution in [0, 0.1) is 11.3 Å². The van der Waals surface area contributed by atoms with Crippen molar-refractivity contribution in [1.82, 2.24) is 5.32 Å². The maximum atomic E-state index is 11.9. The van der Waals surface area contributed by atoms with Gasteiger partial charge in [0.1, 0.15) is 11.3 Å². The molecule has 0 bridgehead atoms. The van der Waals surface area contributed by atoms with Gasteiger partial charge in [-0.05, 0) is 43.9 Å². The Morgan fingerprint density at radius 3 is 2.70 bits per heavy atom. The molecular weight excluding hydrogens is 299 g/mol. The number of rotatable bonds is 4. The van der Waals surface area contributed by atoms with Gasteiger partial charge in [0, 0.05) is 5.02 Å². The predicted molar refractivity (Wildman–Crippen MR) is 76.9 cm³/mol. The van der Waals surface area contributed by atoms with E-state index in [2.05, 4.69) is 11.4 Å². The molecule has 0 saturated heterocycles. The van der Waals surface area contributed by atoms with Gasteiger partial charge in [-0.25, -0.2) is 0 Å². The van der Waals surface area contributed by atoms with Crippen LogP contribution in [0.25, 0.3) is 0 Å². The van der Waals surface area contributed by atoms with Crippen molar-refractivity contribution in [3.63, 3.8) is 0 Å². The smallest absolute Gasteiger partial charge is 0.259 e. The molecule has 1 aliphatic rings. The van der Waals surface area contributed by atoms with Crippen LogP contribution in [0.2, 0.25) is 10.0 Å². The van der Waals surface area contributed by atoms with Crippen molar-refractivity contribution in [1.29, 1.82) is 5.26 Å². The Balaban J connectivity index is 1.91. The average Bonchev–Trinajstić information content (AvgIpc) is 2.87. The Hall–Kier alpha value is -1.44. The van der Waals surface area contributed by atoms with E-state index in [-0.39, 0.29) is 12.5 Å². The number of benzene rings is 1. The van der Waals surface area contributed by atoms with Gasteiger partial charge < -0.3 is 10.1 Å². The third kappa shape index (κ3) is 3.56. The van der Waals surface area contributed by atoms with E-state index < -0.39 is 5.54 Å². The second kappa shape index (κ2) is 6.34. The lowest BCUT2D eigenvalue weighted by molar-refractivity contribution is -0.124. The van der Waals surface area contributed by atoms with E-state index >= 15 is 0 Å². The zero-order valence-corrected chi connectivity index (χ0v) is 12.3. The molecule has 20 heavy (non-hydrogen) atoms. The first-order chi connectivity index (χ1) is 9.54. The third-order valence-electron chi connectivity index (χ3n) is 3.30. The summed E-state index contributed by atoms with van der Waals surface area (Å²) < 4.78 is 5.34. The minimum Gasteiger partial charge on any atom is -0.482 e. The highest BCUT2D eigenvalue weighted by molar-refractivity contribution is 6.35. The van der Waals surface area contributed by atoms with E-state index in [1.807, 2.05) is 0 Å². The summed E-state index contributed by atoms with van der Waals surface area (Å²) in [5.74, 6) is 0.0723. The molecule has 2 rings (SSSR count). The fourth-order valence-corrected chi connectivity index (χ4v) is 2.74. The van der Waals surface area contributed by atoms with Gasteiger partial charge in [-0.3, -0.25) is 4.79 Å². The first kappa shape index (κ1) is 15.0. The van der Waals surface area contributed by atoms with Crippen LogP contribution in [0.3, 0.4) is 0 Å². The third-order valence-corrected chi connectivity index (χ3v) is 3.83. The number of nitriles is 1. The molecule has 1 aromatic carbocycles. The van der Waals surface area contributed by atoms with E-state index in [0.717, 1.165) is 12.8 Å². The highest BCUT2D eigenvalue weighted by atomic mass is 35.5. The molecule has 0 spiro atoms. The topological polar surface area (TPSA) is 62.1 Å². The van der Waals surface area contributed by atoms with Crippen molar-refractivity contribution in [2.24, 2.45) is 0 Å². The second-order valence-electron chi connectivity index (χ2n) is 4.81. The van der Waals surface area contributed by atoms with Crippen LogP contribution in [0.1, 0.15) is 25.7 Å². The molecule has 1 N–H and O–H groups in total. The van der Waals surface area contributed by atoms with Gasteiger partial charge in [0.2, 0.25) is 0 Å². The van der Waals surface area contributed by atoms with Gasteiger partial charge in [0.15, 0.2) is 6.61 Å². The standard InChI is InChI=1S/C14H14Cl2N2O2/c15-10-3-4-12(11(16)7-10)20-8-13(19)18-14(9-17)5-1-2-6-14/h3-4,7H,1-2,5-6,8H2,(H,18,19). The molecular formula is C14H14Cl2N2O2. The summed E-state index contributed by atoms with van der Waals surface area (Å²) in [6.07, 6.45) is 3.29. The van der Waals surface area contributed by atoms with Gasteiger partial charge in [-0.1, -0.05) is 23.2 Å². The van der Waals surface area contributed by atoms with Gasteiger partial charge in [0.25, 0.3) is 5.91 Å². The Bertz CT molecular complexity index is 549. The number of carbonyl (C=O) groups excluding carboxylic acids is 1. The molecule has 0 radical (unpaired) electrons. The van der Waals surface area contributed by atoms with Gasteiger partial charge in [-0.2, -0.15) is 5.26 Å². The normalized spacial score (nSPS) is 16.4. The second-order valence-corrected chi connectivity index (χ2v) is 5.66. The van der Waals surface area contributed by atoms with Crippen LogP contribution in [0.15, 0.2) is 18.2 Å². The number of carbonyl (C=O) groups is 1. The summed E-state index contributed by atoms with van der Waals surface area (Å²) in [7, 11) is 0. The van der Waals surface area contributed by atoms with Crippen molar-refractivity contribution in [2.75, 3.05) is 6.61 Å². The molecule has 1 saturated carbocycles. The lowest BCUT2D eigenvalue weighted by Gasteiger charge is -2.22. The Kier molecular flexibility index (Phi) is 4.74. The van der Waals surface area contributed by atoms with Crippen LogP contribution in [-0.2, 0) is 4.79 Å². The Morgan fingerprint density at radius 2 is 2.10 bits per heavy atom. The highest BCUT2D eigenvalue weighted by Crippen LogP contribution is 2.29. The first-order valence-corrected chi connectivity index (χ1v) is 7.10. The quantitative estimate of drug-likeness (QED) is 0.927. The first-order valence-electron chi connectivity index (χ1n) is 6.35. The minimum atomic E-state index is -0.732. The number of halogens is 2. The summed E-state index contributed by atoms with van der Waals surface area (Å²) >= 11 is 11.7. The van der Waals surface area contributed by atoms with E-state index in [0.29, 0.717) is 28.6 Å². The van der Waals surface area contributed by atoms with Crippen molar-refractivity contribution in [3.8, 4) is 11.8 Å². The van der Waals surface area contributed by atoms with E-state index in [9.17, 15) is 10.1 Å². The summed E-state index contributed by atoms with van der Waals surface area (Å²) in [4.78, 5) is 11.9. The van der Waals surface area contributed by atoms with Crippen molar-refractivity contribution < 1.29 is 9.53 Å². The van der Waals surface area contributed by atoms with Crippen LogP contribution < -0.4 is 10.1 Å². The summed E-state index contributed by atoms with van der Waals surface area (Å²) in [5, 5.41) is 12.8. The monoisotopic (exact) mass is 312 g/mol. The molecule has 1 aliphatic carbocycles. The number of hydrogen-bond donors (Lipinski definition) is 1. The zero-order valence-electron chi connectivity index (χ0n) is 10.8. The maximum Gasteiger partial charge on any atom is 0.259 e. The summed E-state index contributed by atoms with van der Waals surface area (Å²) in [6, 6.07) is 6.98. The molecule has 0 atom stereocenters. The molecule has 1 amide bonds. The lowest BCUT2D eigenvalue weighted by atomic mass is 10.00. The molecule has 0 aromatic heterocycles. The molecule has 6 heteroatoms. The molecule has 0 unspecified atom stereocenters. The molecule has 0 heterocycles. The van der Waals surface area contributed by atoms with Crippen molar-refractivity contribution >= 4 is 29.1 Å². The molecule has 106 valence electrons. The molecule has 1 aromatic rings. The number of hydrogen-bond acceptors (Lipinski definition) is 3. The Labute approximate surface area is 127 Å². The summed E-state index contributed by atoms with van der Waals surface area (Å²) in [5.41, 5.74) is -0.732. The van der Waals surface area contributed by atoms with Crippen LogP contribution in [-0.4, -0.2) is 18.1 Å². The number of amides is 1. The number of nitrogens with one attached hydrogen (secondary N) is 1. The van der Waals surface area contributed by atoms with Crippen molar-refractivity contribution in [2.45, 2.75) is 31.2 Å². The van der Waals surface area contributed by atoms with Crippen LogP contribution >= 0.6 is 23.2 Å². The Morgan fingerprint density at radius 1 is 1.40 bits per heavy atom. The van der Waals surface area contributed by atoms with E-state index in [4.69, 9.17) is 27.9 Å². The zero-order chi connectivity index (χ0) is 14.6. The molecule has 1 fully saturated rings. The number of ether oxygens (including phenoxy) is 1. The lowest BCUT2D eigenvalue weighted by Crippen LogP contribution is -2.47. The SMILES string of the molecule is N#CC1(NC(=O)COc2ccc(Cl)cc2Cl)CCCC1. The van der Waals surface area contributed by atoms with Gasteiger partial charge in [0.05, 0.1) is 11.1 Å². The van der Waals surface area contributed by atoms with Crippen LogP contribution in [0.5, 0.6) is 5.75 Å². The maximum absolute atomic E-state index is 11.9. The predicted octanol–water partition coefficient (Wildman–Crippen LogP) is 3.32. The number of nitrogens with zero attached hydrogens (tertiary/aromatic N) is 1. The van der Waals surface area contributed by atoms with E-state index in [1.54, 1.807) is 18.2 Å². The fourth-order valence-electron chi connectivity index (χ4n) is 2.28. The van der Waals surface area contributed by atoms with Gasteiger partial charge in [-0.15, -0.1) is 0 Å². The minimum absolute atomic E-state index is 0.176. The summed E-state index contributed by atoms with van der Waals surface area (Å²) in [6.45, 7) is -0.176. The van der Waals surface area contributed by atoms with E-state index in [1.165, 1.54) is 0 Å². The van der Waals surface area contributed by atoms with Gasteiger partial charge >= 0.3 is 0 Å². The molecule has 4 nitrogen and oxygen atoms in total. The largest absolute Gasteiger partial charge is 0.482 e. The average molecular weight is 313 g/mol. The fraction of sp³-hybridized carbons (Fsp3) is 0.429. The molecule has 0 aliphatic heterocycles. The van der Waals surface area contributed by atoms with Crippen LogP contribution in [0.4, 0.5) is 0 Å².